The molecule has 0 spiro atoms. The normalized spacial score (nSPS) is 21.8. The third-order valence-corrected chi connectivity index (χ3v) is 2.85. The van der Waals surface area contributed by atoms with Gasteiger partial charge in [-0.1, -0.05) is 88.6 Å². The van der Waals surface area contributed by atoms with Crippen LogP contribution in [-0.2, 0) is 9.53 Å². The van der Waals surface area contributed by atoms with E-state index in [1.807, 2.05) is 13.8 Å². The highest BCUT2D eigenvalue weighted by Crippen LogP contribution is 2.10. The second-order valence-electron chi connectivity index (χ2n) is 4.64. The van der Waals surface area contributed by atoms with Crippen LogP contribution in [0.2, 0.25) is 0 Å². The zero-order valence-corrected chi connectivity index (χ0v) is 15.6. The minimum absolute atomic E-state index is 0.551. The lowest BCUT2D eigenvalue weighted by Gasteiger charge is -2.00. The summed E-state index contributed by atoms with van der Waals surface area (Å²) in [4.78, 5) is 10.1. The van der Waals surface area contributed by atoms with Crippen LogP contribution in [0.4, 0.5) is 0 Å². The van der Waals surface area contributed by atoms with Gasteiger partial charge < -0.3 is 4.74 Å². The number of allylic oxidation sites excluding steroid dienone is 11. The molecule has 2 heteroatoms. The van der Waals surface area contributed by atoms with Gasteiger partial charge in [-0.2, -0.15) is 0 Å². The zero-order valence-electron chi connectivity index (χ0n) is 15.6. The molecule has 0 amide bonds. The SMILES string of the molecule is C=C/C=C\C=C(/C=C)C=O.CC.CO/C1=C/C/C=C\C(C)/C=C\C1. The highest BCUT2D eigenvalue weighted by Gasteiger charge is 1.95. The van der Waals surface area contributed by atoms with Crippen molar-refractivity contribution >= 4 is 6.29 Å². The van der Waals surface area contributed by atoms with Crippen LogP contribution in [0.5, 0.6) is 0 Å². The Labute approximate surface area is 148 Å². The average molecular weight is 328 g/mol. The number of hydrogen-bond donors (Lipinski definition) is 0. The summed E-state index contributed by atoms with van der Waals surface area (Å²) < 4.78 is 5.19. The van der Waals surface area contributed by atoms with Gasteiger partial charge in [-0.15, -0.1) is 0 Å². The molecule has 0 fully saturated rings. The topological polar surface area (TPSA) is 26.3 Å². The van der Waals surface area contributed by atoms with E-state index in [0.717, 1.165) is 24.9 Å². The molecule has 0 aromatic rings. The lowest BCUT2D eigenvalue weighted by atomic mass is 10.1. The first-order chi connectivity index (χ1) is 11.7. The number of methoxy groups -OCH3 is 1. The van der Waals surface area contributed by atoms with Crippen LogP contribution in [-0.4, -0.2) is 13.4 Å². The van der Waals surface area contributed by atoms with Crippen LogP contribution in [0, 0.1) is 5.92 Å². The second kappa shape index (κ2) is 18.7. The van der Waals surface area contributed by atoms with Crippen molar-refractivity contribution in [2.45, 2.75) is 33.6 Å². The van der Waals surface area contributed by atoms with Crippen LogP contribution < -0.4 is 0 Å². The summed E-state index contributed by atoms with van der Waals surface area (Å²) in [6, 6.07) is 0. The largest absolute Gasteiger partial charge is 0.501 e. The lowest BCUT2D eigenvalue weighted by Crippen LogP contribution is -1.84. The van der Waals surface area contributed by atoms with Crippen LogP contribution in [0.3, 0.4) is 0 Å². The van der Waals surface area contributed by atoms with E-state index < -0.39 is 0 Å². The molecule has 0 heterocycles. The first-order valence-electron chi connectivity index (χ1n) is 8.31. The van der Waals surface area contributed by atoms with E-state index in [0.29, 0.717) is 11.5 Å². The van der Waals surface area contributed by atoms with Crippen LogP contribution in [0.15, 0.2) is 85.3 Å². The predicted molar refractivity (Wildman–Crippen MR) is 107 cm³/mol. The Morgan fingerprint density at radius 3 is 2.42 bits per heavy atom. The Balaban J connectivity index is 0. The molecule has 0 bridgehead atoms. The predicted octanol–water partition coefficient (Wildman–Crippen LogP) is 6.13. The van der Waals surface area contributed by atoms with Crippen molar-refractivity contribution < 1.29 is 9.53 Å². The summed E-state index contributed by atoms with van der Waals surface area (Å²) in [6.07, 6.45) is 21.8. The van der Waals surface area contributed by atoms with Gasteiger partial charge in [-0.05, 0) is 18.4 Å². The second-order valence-corrected chi connectivity index (χ2v) is 4.64. The van der Waals surface area contributed by atoms with Crippen LogP contribution in [0.1, 0.15) is 33.6 Å². The summed E-state index contributed by atoms with van der Waals surface area (Å²) >= 11 is 0. The highest BCUT2D eigenvalue weighted by atomic mass is 16.5. The molecule has 2 nitrogen and oxygen atoms in total. The fourth-order valence-electron chi connectivity index (χ4n) is 1.61. The molecule has 0 saturated heterocycles. The molecule has 0 aromatic carbocycles. The van der Waals surface area contributed by atoms with Crippen molar-refractivity contribution in [1.29, 1.82) is 0 Å². The Bertz CT molecular complexity index is 478. The minimum atomic E-state index is 0.551. The summed E-state index contributed by atoms with van der Waals surface area (Å²) in [5.74, 6) is 1.61. The Hall–Kier alpha value is -2.35. The van der Waals surface area contributed by atoms with E-state index in [2.05, 4.69) is 50.5 Å². The third kappa shape index (κ3) is 14.6. The van der Waals surface area contributed by atoms with E-state index in [-0.39, 0.29) is 0 Å². The summed E-state index contributed by atoms with van der Waals surface area (Å²) in [6.45, 7) is 13.1. The van der Waals surface area contributed by atoms with E-state index in [4.69, 9.17) is 4.74 Å². The van der Waals surface area contributed by atoms with Crippen molar-refractivity contribution in [3.8, 4) is 0 Å². The number of rotatable bonds is 5. The average Bonchev–Trinajstić information content (AvgIpc) is 2.73. The number of hydrogen-bond acceptors (Lipinski definition) is 2. The summed E-state index contributed by atoms with van der Waals surface area (Å²) in [5.41, 5.74) is 0.568. The molecule has 1 unspecified atom stereocenters. The molecule has 1 aliphatic rings. The number of carbonyl (C=O) groups excluding carboxylic acids is 1. The van der Waals surface area contributed by atoms with Gasteiger partial charge in [-0.3, -0.25) is 4.79 Å². The molecule has 24 heavy (non-hydrogen) atoms. The maximum atomic E-state index is 10.1. The molecule has 1 aliphatic carbocycles. The van der Waals surface area contributed by atoms with Crippen molar-refractivity contribution in [2.24, 2.45) is 5.92 Å². The quantitative estimate of drug-likeness (QED) is 0.263. The van der Waals surface area contributed by atoms with Gasteiger partial charge >= 0.3 is 0 Å². The summed E-state index contributed by atoms with van der Waals surface area (Å²) in [5, 5.41) is 0. The molecule has 0 N–H and O–H groups in total. The monoisotopic (exact) mass is 328 g/mol. The molecule has 132 valence electrons. The molecular formula is C22H32O2. The highest BCUT2D eigenvalue weighted by molar-refractivity contribution is 5.77. The molecule has 0 aliphatic heterocycles. The van der Waals surface area contributed by atoms with E-state index in [1.165, 1.54) is 6.08 Å². The van der Waals surface area contributed by atoms with Gasteiger partial charge in [0, 0.05) is 12.0 Å². The molecule has 1 rings (SSSR count). The van der Waals surface area contributed by atoms with Crippen LogP contribution >= 0.6 is 0 Å². The van der Waals surface area contributed by atoms with E-state index in [9.17, 15) is 4.79 Å². The van der Waals surface area contributed by atoms with E-state index in [1.54, 1.807) is 31.4 Å². The van der Waals surface area contributed by atoms with Crippen molar-refractivity contribution in [3.05, 3.63) is 85.3 Å². The molecule has 1 atom stereocenters. The van der Waals surface area contributed by atoms with Crippen LogP contribution in [0.25, 0.3) is 0 Å². The number of aldehydes is 1. The first kappa shape index (κ1) is 23.9. The lowest BCUT2D eigenvalue weighted by molar-refractivity contribution is -0.104. The third-order valence-electron chi connectivity index (χ3n) is 2.85. The standard InChI is InChI=1S/C11H16O.C9H10O.C2H6/c1-10-6-3-4-8-11(12-2)9-5-7-10;1-3-5-6-7-9(4-2)8-10;1-2/h3,5-8,10H,4,9H2,1-2H3;3-8H,1-2H2;1-2H3/b6-3-,7-5-,11-8+;6-5-,9-7+;. The van der Waals surface area contributed by atoms with Gasteiger partial charge in [0.25, 0.3) is 0 Å². The van der Waals surface area contributed by atoms with Gasteiger partial charge in [0.05, 0.1) is 12.9 Å². The van der Waals surface area contributed by atoms with Crippen molar-refractivity contribution in [1.82, 2.24) is 0 Å². The number of ether oxygens (including phenoxy) is 1. The van der Waals surface area contributed by atoms with Crippen molar-refractivity contribution in [3.63, 3.8) is 0 Å². The molecule has 0 radical (unpaired) electrons. The van der Waals surface area contributed by atoms with Gasteiger partial charge in [0.2, 0.25) is 0 Å². The first-order valence-corrected chi connectivity index (χ1v) is 8.31. The van der Waals surface area contributed by atoms with E-state index >= 15 is 0 Å². The van der Waals surface area contributed by atoms with Gasteiger partial charge in [0.1, 0.15) is 6.29 Å². The minimum Gasteiger partial charge on any atom is -0.501 e. The smallest absolute Gasteiger partial charge is 0.150 e. The van der Waals surface area contributed by atoms with Crippen molar-refractivity contribution in [2.75, 3.05) is 7.11 Å². The van der Waals surface area contributed by atoms with Gasteiger partial charge in [0.15, 0.2) is 0 Å². The Morgan fingerprint density at radius 2 is 1.88 bits per heavy atom. The Morgan fingerprint density at radius 1 is 1.21 bits per heavy atom. The molecule has 0 saturated carbocycles. The fourth-order valence-corrected chi connectivity index (χ4v) is 1.61. The Kier molecular flexibility index (Phi) is 18.6. The zero-order chi connectivity index (χ0) is 18.6. The molecule has 0 aromatic heterocycles. The van der Waals surface area contributed by atoms with Gasteiger partial charge in [-0.25, -0.2) is 0 Å². The fraction of sp³-hybridized carbons (Fsp3) is 0.318. The maximum absolute atomic E-state index is 10.1. The number of carbonyl (C=O) groups is 1. The molecular weight excluding hydrogens is 296 g/mol. The maximum Gasteiger partial charge on any atom is 0.150 e. The summed E-state index contributed by atoms with van der Waals surface area (Å²) in [7, 11) is 1.73.